The van der Waals surface area contributed by atoms with Crippen molar-refractivity contribution < 1.29 is 74.5 Å². The Labute approximate surface area is 193 Å². The topological polar surface area (TPSA) is 253 Å². The van der Waals surface area contributed by atoms with Crippen molar-refractivity contribution in [2.75, 3.05) is 19.8 Å². The van der Waals surface area contributed by atoms with Gasteiger partial charge in [-0.25, -0.2) is 9.59 Å². The summed E-state index contributed by atoms with van der Waals surface area (Å²) in [7, 11) is 0. The first-order valence-electron chi connectivity index (χ1n) is 10.2. The molecule has 0 aromatic rings. The van der Waals surface area contributed by atoms with Crippen LogP contribution in [0.4, 0.5) is 0 Å². The van der Waals surface area contributed by atoms with E-state index in [0.717, 1.165) is 0 Å². The highest BCUT2D eigenvalue weighted by Crippen LogP contribution is 2.40. The predicted molar refractivity (Wildman–Crippen MR) is 105 cm³/mol. The highest BCUT2D eigenvalue weighted by molar-refractivity contribution is 5.77. The van der Waals surface area contributed by atoms with Gasteiger partial charge in [-0.1, -0.05) is 6.08 Å². The third kappa shape index (κ3) is 5.55. The van der Waals surface area contributed by atoms with Gasteiger partial charge in [0.25, 0.3) is 11.6 Å². The molecule has 0 radical (unpaired) electrons. The summed E-state index contributed by atoms with van der Waals surface area (Å²) in [5, 5.41) is 89.0. The molecule has 0 spiro atoms. The molecular formula is C19H30O15. The monoisotopic (exact) mass is 498 g/mol. The molecule has 0 amide bonds. The zero-order valence-corrected chi connectivity index (χ0v) is 17.9. The summed E-state index contributed by atoms with van der Waals surface area (Å²) in [6, 6.07) is 0. The lowest BCUT2D eigenvalue weighted by molar-refractivity contribution is -0.373. The van der Waals surface area contributed by atoms with Gasteiger partial charge in [0.2, 0.25) is 0 Å². The zero-order valence-electron chi connectivity index (χ0n) is 17.9. The van der Waals surface area contributed by atoms with E-state index in [2.05, 4.69) is 6.58 Å². The summed E-state index contributed by atoms with van der Waals surface area (Å²) in [6.07, 6.45) is -15.4. The highest BCUT2D eigenvalue weighted by Gasteiger charge is 2.60. The first-order valence-corrected chi connectivity index (χ1v) is 10.2. The van der Waals surface area contributed by atoms with Crippen LogP contribution < -0.4 is 0 Å². The van der Waals surface area contributed by atoms with Crippen molar-refractivity contribution in [3.8, 4) is 0 Å². The maximum Gasteiger partial charge on any atom is 0.364 e. The Morgan fingerprint density at radius 1 is 0.941 bits per heavy atom. The van der Waals surface area contributed by atoms with Crippen LogP contribution in [0.2, 0.25) is 0 Å². The van der Waals surface area contributed by atoms with Gasteiger partial charge in [0, 0.05) is 12.8 Å². The molecule has 15 heteroatoms. The molecule has 9 N–H and O–H groups in total. The number of carboxylic acid groups (broad SMARTS) is 2. The quantitative estimate of drug-likeness (QED) is 0.122. The fourth-order valence-electron chi connectivity index (χ4n) is 3.81. The van der Waals surface area contributed by atoms with Gasteiger partial charge < -0.3 is 64.9 Å². The zero-order chi connectivity index (χ0) is 25.8. The van der Waals surface area contributed by atoms with Crippen LogP contribution in [-0.2, 0) is 28.5 Å². The molecule has 0 aromatic heterocycles. The summed E-state index contributed by atoms with van der Waals surface area (Å²) in [5.41, 5.74) is 0. The number of ether oxygens (including phenoxy) is 4. The summed E-state index contributed by atoms with van der Waals surface area (Å²) in [4.78, 5) is 24.2. The lowest BCUT2D eigenvalue weighted by Gasteiger charge is -2.49. The fraction of sp³-hybridized carbons (Fsp3) is 0.789. The van der Waals surface area contributed by atoms with Crippen LogP contribution in [0.15, 0.2) is 12.7 Å². The highest BCUT2D eigenvalue weighted by atomic mass is 16.8. The number of hydrogen-bond donors (Lipinski definition) is 9. The minimum atomic E-state index is -2.85. The molecule has 2 heterocycles. The first-order chi connectivity index (χ1) is 15.9. The largest absolute Gasteiger partial charge is 0.477 e. The Balaban J connectivity index is 2.48. The van der Waals surface area contributed by atoms with E-state index in [1.165, 1.54) is 6.08 Å². The number of carboxylic acids is 2. The molecule has 0 bridgehead atoms. The molecule has 2 fully saturated rings. The second-order valence-electron chi connectivity index (χ2n) is 7.99. The van der Waals surface area contributed by atoms with Gasteiger partial charge in [0.1, 0.15) is 36.6 Å². The molecule has 0 aliphatic carbocycles. The third-order valence-corrected chi connectivity index (χ3v) is 5.61. The van der Waals surface area contributed by atoms with Crippen LogP contribution >= 0.6 is 0 Å². The maximum atomic E-state index is 12.2. The van der Waals surface area contributed by atoms with Gasteiger partial charge in [-0.15, -0.1) is 6.58 Å². The van der Waals surface area contributed by atoms with Gasteiger partial charge >= 0.3 is 11.9 Å². The van der Waals surface area contributed by atoms with Crippen LogP contribution in [0.5, 0.6) is 0 Å². The molecule has 0 aromatic carbocycles. The molecule has 0 unspecified atom stereocenters. The lowest BCUT2D eigenvalue weighted by atomic mass is 9.90. The molecule has 2 aliphatic rings. The Morgan fingerprint density at radius 3 is 1.91 bits per heavy atom. The molecule has 2 saturated heterocycles. The Kier molecular flexibility index (Phi) is 9.48. The van der Waals surface area contributed by atoms with Gasteiger partial charge in [-0.05, 0) is 0 Å². The van der Waals surface area contributed by atoms with Crippen LogP contribution in [-0.4, -0.2) is 138 Å². The van der Waals surface area contributed by atoms with E-state index in [-0.39, 0.29) is 6.61 Å². The molecular weight excluding hydrogens is 468 g/mol. The lowest BCUT2D eigenvalue weighted by Crippen LogP contribution is -2.68. The number of carbonyl (C=O) groups is 2. The van der Waals surface area contributed by atoms with E-state index in [4.69, 9.17) is 18.9 Å². The van der Waals surface area contributed by atoms with E-state index >= 15 is 0 Å². The standard InChI is InChI=1S/C19H30O15/c1-2-3-31-18(16(27)28)5-11(13(26)15(33-18)10(24)7-21)32-19(17(29)30)4-8(22)12(25)14(34-19)9(23)6-20/h2,8-15,20-26H,1,3-7H2,(H,27,28)(H,29,30)/t8-,9+,10+,11-,12-,13-,14-,15-,18-,19-/m1/s1. The number of aliphatic carboxylic acids is 2. The van der Waals surface area contributed by atoms with E-state index in [0.29, 0.717) is 0 Å². The van der Waals surface area contributed by atoms with Crippen LogP contribution in [0, 0.1) is 0 Å². The summed E-state index contributed by atoms with van der Waals surface area (Å²) >= 11 is 0. The predicted octanol–water partition coefficient (Wildman–Crippen LogP) is -4.50. The van der Waals surface area contributed by atoms with Crippen LogP contribution in [0.25, 0.3) is 0 Å². The summed E-state index contributed by atoms with van der Waals surface area (Å²) in [6.45, 7) is 1.03. The average molecular weight is 498 g/mol. The van der Waals surface area contributed by atoms with Crippen LogP contribution in [0.1, 0.15) is 12.8 Å². The van der Waals surface area contributed by atoms with Crippen molar-refractivity contribution in [3.05, 3.63) is 12.7 Å². The Hall–Kier alpha value is -1.76. The van der Waals surface area contributed by atoms with Crippen molar-refractivity contribution in [1.82, 2.24) is 0 Å². The molecule has 10 atom stereocenters. The second kappa shape index (κ2) is 11.3. The normalized spacial score (nSPS) is 40.3. The van der Waals surface area contributed by atoms with E-state index in [9.17, 15) is 55.5 Å². The van der Waals surface area contributed by atoms with E-state index < -0.39 is 98.4 Å². The van der Waals surface area contributed by atoms with Crippen LogP contribution in [0.3, 0.4) is 0 Å². The summed E-state index contributed by atoms with van der Waals surface area (Å²) < 4.78 is 21.2. The molecule has 196 valence electrons. The number of aliphatic hydroxyl groups is 7. The van der Waals surface area contributed by atoms with Crippen molar-refractivity contribution in [2.45, 2.75) is 73.2 Å². The molecule has 34 heavy (non-hydrogen) atoms. The minimum absolute atomic E-state index is 0.382. The SMILES string of the molecule is C=CCO[C@]1(C(=O)O)C[C@@H](O[C@]2(C(=O)O)C[C@@H](O)[C@@H](O)[C@@H]([C@@H](O)CO)O2)[C@@H](O)[C@@H]([C@@H](O)CO)O1. The van der Waals surface area contributed by atoms with Gasteiger partial charge in [-0.3, -0.25) is 0 Å². The second-order valence-corrected chi connectivity index (χ2v) is 7.99. The maximum absolute atomic E-state index is 12.2. The Bertz CT molecular complexity index is 732. The molecule has 0 saturated carbocycles. The van der Waals surface area contributed by atoms with Crippen molar-refractivity contribution in [1.29, 1.82) is 0 Å². The van der Waals surface area contributed by atoms with Crippen molar-refractivity contribution in [3.63, 3.8) is 0 Å². The first kappa shape index (κ1) is 28.5. The minimum Gasteiger partial charge on any atom is -0.477 e. The molecule has 2 rings (SSSR count). The van der Waals surface area contributed by atoms with Crippen molar-refractivity contribution in [2.24, 2.45) is 0 Å². The van der Waals surface area contributed by atoms with Gasteiger partial charge in [0.15, 0.2) is 0 Å². The van der Waals surface area contributed by atoms with E-state index in [1.54, 1.807) is 0 Å². The third-order valence-electron chi connectivity index (χ3n) is 5.61. The van der Waals surface area contributed by atoms with Gasteiger partial charge in [0.05, 0.1) is 32.0 Å². The van der Waals surface area contributed by atoms with Gasteiger partial charge in [-0.2, -0.15) is 0 Å². The van der Waals surface area contributed by atoms with Crippen molar-refractivity contribution >= 4 is 11.9 Å². The summed E-state index contributed by atoms with van der Waals surface area (Å²) in [5.74, 6) is -9.04. The average Bonchev–Trinajstić information content (AvgIpc) is 2.80. The number of hydrogen-bond acceptors (Lipinski definition) is 13. The van der Waals surface area contributed by atoms with E-state index in [1.807, 2.05) is 0 Å². The smallest absolute Gasteiger partial charge is 0.364 e. The molecule has 2 aliphatic heterocycles. The fourth-order valence-corrected chi connectivity index (χ4v) is 3.81. The number of rotatable bonds is 11. The number of aliphatic hydroxyl groups excluding tert-OH is 7. The Morgan fingerprint density at radius 2 is 1.44 bits per heavy atom. The molecule has 15 nitrogen and oxygen atoms in total.